The van der Waals surface area contributed by atoms with Gasteiger partial charge >= 0.3 is 0 Å². The predicted octanol–water partition coefficient (Wildman–Crippen LogP) is -0.903. The Labute approximate surface area is 95.7 Å². The lowest BCUT2D eigenvalue weighted by atomic mass is 9.61. The number of rotatable bonds is 3. The lowest BCUT2D eigenvalue weighted by Gasteiger charge is -2.59. The van der Waals surface area contributed by atoms with Gasteiger partial charge in [-0.2, -0.15) is 0 Å². The lowest BCUT2D eigenvalue weighted by molar-refractivity contribution is -0.411. The monoisotopic (exact) mass is 228 g/mol. The molecule has 0 bridgehead atoms. The third-order valence-corrected chi connectivity index (χ3v) is 4.10. The fourth-order valence-electron chi connectivity index (χ4n) is 3.54. The van der Waals surface area contributed by atoms with Gasteiger partial charge < -0.3 is 23.7 Å². The summed E-state index contributed by atoms with van der Waals surface area (Å²) in [4.78, 5) is 0. The minimum absolute atomic E-state index is 0.0533. The van der Waals surface area contributed by atoms with E-state index >= 15 is 0 Å². The van der Waals surface area contributed by atoms with E-state index in [4.69, 9.17) is 23.7 Å². The molecule has 0 spiro atoms. The van der Waals surface area contributed by atoms with Gasteiger partial charge in [0.25, 0.3) is 0 Å². The van der Waals surface area contributed by atoms with Gasteiger partial charge in [0, 0.05) is 20.6 Å². The summed E-state index contributed by atoms with van der Waals surface area (Å²) in [6.07, 6.45) is 0.775. The second-order valence-corrected chi connectivity index (χ2v) is 4.88. The van der Waals surface area contributed by atoms with Gasteiger partial charge in [0.05, 0.1) is 24.6 Å². The summed E-state index contributed by atoms with van der Waals surface area (Å²) in [5.41, 5.74) is -0.282. The minimum Gasteiger partial charge on any atom is -0.382 e. The van der Waals surface area contributed by atoms with Crippen LogP contribution in [0.2, 0.25) is 0 Å². The second-order valence-electron chi connectivity index (χ2n) is 4.88. The van der Waals surface area contributed by atoms with Crippen LogP contribution >= 0.6 is 0 Å². The zero-order valence-electron chi connectivity index (χ0n) is 9.89. The van der Waals surface area contributed by atoms with E-state index in [1.807, 2.05) is 7.85 Å². The standard InChI is InChI=1S/C10H17BO5/c1-12-4-9-3-10(13-2)7(9)6(8(11)16-9)14-5-15-10/h6-8H,3-5,11H2,1-2H3/t6-,7?,8+,9+,10?/m0/s1. The van der Waals surface area contributed by atoms with Crippen LogP contribution in [0.1, 0.15) is 6.42 Å². The zero-order chi connectivity index (χ0) is 11.4. The van der Waals surface area contributed by atoms with Crippen LogP contribution in [0.4, 0.5) is 0 Å². The number of methoxy groups -OCH3 is 2. The van der Waals surface area contributed by atoms with Gasteiger partial charge in [-0.05, 0) is 0 Å². The van der Waals surface area contributed by atoms with Crippen molar-refractivity contribution in [3.63, 3.8) is 0 Å². The van der Waals surface area contributed by atoms with Gasteiger partial charge in [-0.3, -0.25) is 0 Å². The molecule has 0 aromatic heterocycles. The molecule has 3 rings (SSSR count). The Hall–Kier alpha value is -0.135. The molecule has 0 aromatic rings. The molecule has 6 heteroatoms. The lowest BCUT2D eigenvalue weighted by Crippen LogP contribution is -2.72. The molecule has 2 heterocycles. The third kappa shape index (κ3) is 1.14. The van der Waals surface area contributed by atoms with E-state index in [0.29, 0.717) is 6.61 Å². The molecule has 0 radical (unpaired) electrons. The summed E-state index contributed by atoms with van der Waals surface area (Å²) in [6, 6.07) is 0.0704. The first-order chi connectivity index (χ1) is 7.67. The van der Waals surface area contributed by atoms with Crippen molar-refractivity contribution in [1.29, 1.82) is 0 Å². The van der Waals surface area contributed by atoms with E-state index in [-0.39, 0.29) is 30.4 Å². The zero-order valence-corrected chi connectivity index (χ0v) is 9.89. The van der Waals surface area contributed by atoms with Crippen molar-refractivity contribution in [2.75, 3.05) is 27.6 Å². The summed E-state index contributed by atoms with van der Waals surface area (Å²) >= 11 is 0. The van der Waals surface area contributed by atoms with Gasteiger partial charge in [0.1, 0.15) is 13.4 Å². The van der Waals surface area contributed by atoms with Gasteiger partial charge in [-0.25, -0.2) is 0 Å². The molecule has 1 saturated carbocycles. The fourth-order valence-corrected chi connectivity index (χ4v) is 3.54. The van der Waals surface area contributed by atoms with Crippen LogP contribution < -0.4 is 0 Å². The molecule has 0 aromatic carbocycles. The molecule has 5 nitrogen and oxygen atoms in total. The Morgan fingerprint density at radius 3 is 2.94 bits per heavy atom. The molecule has 2 unspecified atom stereocenters. The first kappa shape index (κ1) is 11.0. The third-order valence-electron chi connectivity index (χ3n) is 4.10. The Morgan fingerprint density at radius 1 is 1.44 bits per heavy atom. The smallest absolute Gasteiger partial charge is 0.181 e. The summed E-state index contributed by atoms with van der Waals surface area (Å²) in [5.74, 6) is -0.402. The van der Waals surface area contributed by atoms with Crippen molar-refractivity contribution in [1.82, 2.24) is 0 Å². The van der Waals surface area contributed by atoms with Gasteiger partial charge in [-0.1, -0.05) is 0 Å². The Morgan fingerprint density at radius 2 is 2.25 bits per heavy atom. The fraction of sp³-hybridized carbons (Fsp3) is 1.00. The molecule has 2 aliphatic heterocycles. The van der Waals surface area contributed by atoms with Gasteiger partial charge in [-0.15, -0.1) is 0 Å². The SMILES string of the molecule is B[C@@H]1O[C@@]2(COC)CC3(OC)OCO[C@H]1C32. The van der Waals surface area contributed by atoms with Crippen molar-refractivity contribution in [2.24, 2.45) is 5.92 Å². The second kappa shape index (κ2) is 3.43. The quantitative estimate of drug-likeness (QED) is 0.585. The number of ether oxygens (including phenoxy) is 5. The summed E-state index contributed by atoms with van der Waals surface area (Å²) in [6.45, 7) is 0.849. The highest BCUT2D eigenvalue weighted by Gasteiger charge is 2.75. The van der Waals surface area contributed by atoms with E-state index in [2.05, 4.69) is 0 Å². The number of hydrogen-bond acceptors (Lipinski definition) is 5. The van der Waals surface area contributed by atoms with E-state index in [0.717, 1.165) is 6.42 Å². The highest BCUT2D eigenvalue weighted by molar-refractivity contribution is 6.11. The molecule has 90 valence electrons. The normalized spacial score (nSPS) is 54.5. The highest BCUT2D eigenvalue weighted by Crippen LogP contribution is 2.61. The van der Waals surface area contributed by atoms with Crippen LogP contribution in [0, 0.1) is 5.92 Å². The van der Waals surface area contributed by atoms with E-state index in [1.54, 1.807) is 14.2 Å². The molecule has 5 atom stereocenters. The largest absolute Gasteiger partial charge is 0.382 e. The Bertz CT molecular complexity index is 301. The average Bonchev–Trinajstić information content (AvgIpc) is 2.50. The van der Waals surface area contributed by atoms with Crippen molar-refractivity contribution < 1.29 is 23.7 Å². The van der Waals surface area contributed by atoms with Crippen molar-refractivity contribution in [2.45, 2.75) is 29.9 Å². The summed E-state index contributed by atoms with van der Waals surface area (Å²) in [5, 5.41) is 0. The summed E-state index contributed by atoms with van der Waals surface area (Å²) in [7, 11) is 5.40. The maximum absolute atomic E-state index is 6.02. The van der Waals surface area contributed by atoms with Crippen LogP contribution in [-0.2, 0) is 23.7 Å². The topological polar surface area (TPSA) is 46.2 Å². The molecule has 0 N–H and O–H groups in total. The van der Waals surface area contributed by atoms with Crippen LogP contribution in [0.3, 0.4) is 0 Å². The molecule has 3 fully saturated rings. The first-order valence-electron chi connectivity index (χ1n) is 5.65. The molecule has 16 heavy (non-hydrogen) atoms. The van der Waals surface area contributed by atoms with E-state index in [1.165, 1.54) is 0 Å². The maximum Gasteiger partial charge on any atom is 0.181 e. The molecular formula is C10H17BO5. The van der Waals surface area contributed by atoms with Crippen molar-refractivity contribution >= 4 is 7.85 Å². The summed E-state index contributed by atoms with van der Waals surface area (Å²) < 4.78 is 28.1. The maximum atomic E-state index is 6.02. The van der Waals surface area contributed by atoms with E-state index < -0.39 is 5.79 Å². The Balaban J connectivity index is 1.91. The Kier molecular flexibility index (Phi) is 2.35. The van der Waals surface area contributed by atoms with Crippen LogP contribution in [-0.4, -0.2) is 59.0 Å². The highest BCUT2D eigenvalue weighted by atomic mass is 16.8. The first-order valence-corrected chi connectivity index (χ1v) is 5.65. The van der Waals surface area contributed by atoms with Crippen LogP contribution in [0.5, 0.6) is 0 Å². The molecule has 1 aliphatic carbocycles. The van der Waals surface area contributed by atoms with Crippen LogP contribution in [0.15, 0.2) is 0 Å². The van der Waals surface area contributed by atoms with Gasteiger partial charge in [0.15, 0.2) is 12.6 Å². The van der Waals surface area contributed by atoms with Crippen molar-refractivity contribution in [3.05, 3.63) is 0 Å². The molecule has 2 saturated heterocycles. The average molecular weight is 228 g/mol. The minimum atomic E-state index is -0.522. The molecule has 0 amide bonds. The molecule has 3 aliphatic rings. The van der Waals surface area contributed by atoms with Crippen LogP contribution in [0.25, 0.3) is 0 Å². The van der Waals surface area contributed by atoms with Gasteiger partial charge in [0.2, 0.25) is 0 Å². The van der Waals surface area contributed by atoms with Crippen molar-refractivity contribution in [3.8, 4) is 0 Å². The predicted molar refractivity (Wildman–Crippen MR) is 56.7 cm³/mol. The number of hydrogen-bond donors (Lipinski definition) is 0. The molecular weight excluding hydrogens is 211 g/mol. The van der Waals surface area contributed by atoms with E-state index in [9.17, 15) is 0 Å².